The Morgan fingerprint density at radius 2 is 1.59 bits per heavy atom. The Morgan fingerprint density at radius 1 is 0.838 bits per heavy atom. The summed E-state index contributed by atoms with van der Waals surface area (Å²) in [5.41, 5.74) is 3.03. The summed E-state index contributed by atoms with van der Waals surface area (Å²) in [6, 6.07) is 28.0. The van der Waals surface area contributed by atoms with Gasteiger partial charge in [0.15, 0.2) is 5.76 Å². The van der Waals surface area contributed by atoms with Crippen molar-refractivity contribution in [1.82, 2.24) is 14.8 Å². The molecule has 0 spiro atoms. The molecule has 2 amide bonds. The largest absolute Gasteiger partial charge is 0.459 e. The molecule has 0 unspecified atom stereocenters. The van der Waals surface area contributed by atoms with Crippen LogP contribution >= 0.6 is 0 Å². The lowest BCUT2D eigenvalue weighted by atomic mass is 9.97. The summed E-state index contributed by atoms with van der Waals surface area (Å²) in [6.45, 7) is 2.63. The molecule has 0 N–H and O–H groups in total. The van der Waals surface area contributed by atoms with Crippen LogP contribution in [0, 0.1) is 0 Å². The second kappa shape index (κ2) is 10.0. The quantitative estimate of drug-likeness (QED) is 0.409. The first-order chi connectivity index (χ1) is 18.2. The maximum atomic E-state index is 13.6. The van der Waals surface area contributed by atoms with Gasteiger partial charge in [0, 0.05) is 32.6 Å². The first-order valence-corrected chi connectivity index (χ1v) is 12.6. The molecule has 1 saturated heterocycles. The Bertz CT molecular complexity index is 1440. The van der Waals surface area contributed by atoms with Gasteiger partial charge in [0.2, 0.25) is 0 Å². The number of furan rings is 1. The standard InChI is InChI=1S/C30H28N4O3/c35-29(21-32-14-16-33(17-15-32)30(36)28-11-6-18-37-28)34-27(23-8-2-1-3-9-23)20-26(31-34)25-13-12-22-7-4-5-10-24(22)19-25/h1-13,18-19,27H,14-17,20-21H2/t27-/m0/s1. The van der Waals surface area contributed by atoms with E-state index < -0.39 is 0 Å². The van der Waals surface area contributed by atoms with Crippen molar-refractivity contribution in [3.63, 3.8) is 0 Å². The van der Waals surface area contributed by atoms with Crippen molar-refractivity contribution in [2.45, 2.75) is 12.5 Å². The Morgan fingerprint density at radius 3 is 2.35 bits per heavy atom. The molecular weight excluding hydrogens is 464 g/mol. The van der Waals surface area contributed by atoms with E-state index in [1.165, 1.54) is 11.6 Å². The van der Waals surface area contributed by atoms with E-state index in [9.17, 15) is 9.59 Å². The monoisotopic (exact) mass is 492 g/mol. The number of carbonyl (C=O) groups is 2. The maximum Gasteiger partial charge on any atom is 0.289 e. The van der Waals surface area contributed by atoms with Crippen molar-refractivity contribution in [3.8, 4) is 0 Å². The average molecular weight is 493 g/mol. The summed E-state index contributed by atoms with van der Waals surface area (Å²) < 4.78 is 5.25. The van der Waals surface area contributed by atoms with Crippen LogP contribution in [0.25, 0.3) is 10.8 Å². The molecular formula is C30H28N4O3. The van der Waals surface area contributed by atoms with Crippen LogP contribution in [-0.4, -0.2) is 65.1 Å². The summed E-state index contributed by atoms with van der Waals surface area (Å²) >= 11 is 0. The van der Waals surface area contributed by atoms with E-state index in [1.807, 2.05) is 30.3 Å². The molecule has 6 rings (SSSR count). The van der Waals surface area contributed by atoms with E-state index in [0.717, 1.165) is 22.2 Å². The zero-order chi connectivity index (χ0) is 25.2. The van der Waals surface area contributed by atoms with Gasteiger partial charge in [-0.15, -0.1) is 0 Å². The van der Waals surface area contributed by atoms with Gasteiger partial charge in [-0.1, -0.05) is 66.7 Å². The molecule has 2 aliphatic heterocycles. The van der Waals surface area contributed by atoms with Gasteiger partial charge in [0.25, 0.3) is 11.8 Å². The summed E-state index contributed by atoms with van der Waals surface area (Å²) in [6.07, 6.45) is 2.17. The maximum absolute atomic E-state index is 13.6. The highest BCUT2D eigenvalue weighted by Crippen LogP contribution is 2.33. The Labute approximate surface area is 215 Å². The highest BCUT2D eigenvalue weighted by Gasteiger charge is 2.34. The van der Waals surface area contributed by atoms with Crippen LogP contribution in [0.3, 0.4) is 0 Å². The molecule has 1 atom stereocenters. The lowest BCUT2D eigenvalue weighted by Crippen LogP contribution is -2.51. The highest BCUT2D eigenvalue weighted by molar-refractivity contribution is 6.05. The average Bonchev–Trinajstić information content (AvgIpc) is 3.65. The number of hydrogen-bond donors (Lipinski definition) is 0. The third-order valence-electron chi connectivity index (χ3n) is 7.18. The summed E-state index contributed by atoms with van der Waals surface area (Å²) in [7, 11) is 0. The van der Waals surface area contributed by atoms with Gasteiger partial charge >= 0.3 is 0 Å². The Hall–Kier alpha value is -4.23. The minimum absolute atomic E-state index is 0.0320. The van der Waals surface area contributed by atoms with Crippen LogP contribution in [0.1, 0.15) is 34.1 Å². The highest BCUT2D eigenvalue weighted by atomic mass is 16.3. The molecule has 0 bridgehead atoms. The second-order valence-electron chi connectivity index (χ2n) is 9.52. The minimum Gasteiger partial charge on any atom is -0.459 e. The lowest BCUT2D eigenvalue weighted by molar-refractivity contribution is -0.134. The molecule has 0 aliphatic carbocycles. The normalized spacial score (nSPS) is 18.3. The van der Waals surface area contributed by atoms with Gasteiger partial charge in [0.1, 0.15) is 0 Å². The number of nitrogens with zero attached hydrogens (tertiary/aromatic N) is 4. The molecule has 37 heavy (non-hydrogen) atoms. The van der Waals surface area contributed by atoms with Crippen molar-refractivity contribution in [2.75, 3.05) is 32.7 Å². The van der Waals surface area contributed by atoms with Crippen LogP contribution < -0.4 is 0 Å². The molecule has 0 radical (unpaired) electrons. The Kier molecular flexibility index (Phi) is 6.28. The molecule has 4 aromatic rings. The number of fused-ring (bicyclic) bond motifs is 1. The third-order valence-corrected chi connectivity index (χ3v) is 7.18. The fourth-order valence-electron chi connectivity index (χ4n) is 5.15. The summed E-state index contributed by atoms with van der Waals surface area (Å²) in [5, 5.41) is 8.87. The van der Waals surface area contributed by atoms with Crippen molar-refractivity contribution in [1.29, 1.82) is 0 Å². The van der Waals surface area contributed by atoms with Crippen LogP contribution in [0.4, 0.5) is 0 Å². The van der Waals surface area contributed by atoms with Gasteiger partial charge in [0.05, 0.1) is 24.6 Å². The van der Waals surface area contributed by atoms with Gasteiger partial charge < -0.3 is 9.32 Å². The van der Waals surface area contributed by atoms with Crippen molar-refractivity contribution < 1.29 is 14.0 Å². The van der Waals surface area contributed by atoms with Gasteiger partial charge in [-0.25, -0.2) is 5.01 Å². The number of carbonyl (C=O) groups excluding carboxylic acids is 2. The van der Waals surface area contributed by atoms with Crippen molar-refractivity contribution in [2.24, 2.45) is 5.10 Å². The van der Waals surface area contributed by atoms with Crippen molar-refractivity contribution in [3.05, 3.63) is 108 Å². The molecule has 3 heterocycles. The topological polar surface area (TPSA) is 69.4 Å². The number of rotatable bonds is 5. The van der Waals surface area contributed by atoms with E-state index in [0.29, 0.717) is 38.4 Å². The molecule has 1 fully saturated rings. The minimum atomic E-state index is -0.142. The predicted octanol–water partition coefficient (Wildman–Crippen LogP) is 4.57. The number of piperazine rings is 1. The van der Waals surface area contributed by atoms with Gasteiger partial charge in [-0.2, -0.15) is 5.10 Å². The van der Waals surface area contributed by atoms with Crippen LogP contribution in [-0.2, 0) is 4.79 Å². The number of hydrogen-bond acceptors (Lipinski definition) is 5. The van der Waals surface area contributed by atoms with Crippen LogP contribution in [0.15, 0.2) is 101 Å². The fraction of sp³-hybridized carbons (Fsp3) is 0.233. The van der Waals surface area contributed by atoms with E-state index >= 15 is 0 Å². The van der Waals surface area contributed by atoms with E-state index in [4.69, 9.17) is 9.52 Å². The molecule has 1 aromatic heterocycles. The molecule has 0 saturated carbocycles. The number of hydrazone groups is 1. The second-order valence-corrected chi connectivity index (χ2v) is 9.52. The molecule has 7 nitrogen and oxygen atoms in total. The van der Waals surface area contributed by atoms with E-state index in [2.05, 4.69) is 47.4 Å². The summed E-state index contributed by atoms with van der Waals surface area (Å²) in [5.74, 6) is 0.211. The molecule has 3 aromatic carbocycles. The lowest BCUT2D eigenvalue weighted by Gasteiger charge is -2.34. The first kappa shape index (κ1) is 23.2. The van der Waals surface area contributed by atoms with E-state index in [-0.39, 0.29) is 24.4 Å². The smallest absolute Gasteiger partial charge is 0.289 e. The molecule has 2 aliphatic rings. The van der Waals surface area contributed by atoms with Crippen LogP contribution in [0.5, 0.6) is 0 Å². The van der Waals surface area contributed by atoms with E-state index in [1.54, 1.807) is 22.0 Å². The third kappa shape index (κ3) is 4.78. The number of benzene rings is 3. The van der Waals surface area contributed by atoms with Crippen LogP contribution in [0.2, 0.25) is 0 Å². The zero-order valence-electron chi connectivity index (χ0n) is 20.5. The predicted molar refractivity (Wildman–Crippen MR) is 142 cm³/mol. The van der Waals surface area contributed by atoms with Gasteiger partial charge in [-0.05, 0) is 40.1 Å². The molecule has 7 heteroatoms. The fourth-order valence-corrected chi connectivity index (χ4v) is 5.15. The number of amides is 2. The van der Waals surface area contributed by atoms with Crippen molar-refractivity contribution >= 4 is 28.3 Å². The summed E-state index contributed by atoms with van der Waals surface area (Å²) in [4.78, 5) is 30.0. The first-order valence-electron chi connectivity index (χ1n) is 12.6. The SMILES string of the molecule is O=C(c1ccco1)N1CCN(CC(=O)N2N=C(c3ccc4ccccc4c3)C[C@H]2c2ccccc2)CC1. The molecule has 186 valence electrons. The zero-order valence-corrected chi connectivity index (χ0v) is 20.5. The Balaban J connectivity index is 1.18. The van der Waals surface area contributed by atoms with Gasteiger partial charge in [-0.3, -0.25) is 14.5 Å².